The Morgan fingerprint density at radius 1 is 1.07 bits per heavy atom. The van der Waals surface area contributed by atoms with Crippen LogP contribution in [0.25, 0.3) is 22.4 Å². The van der Waals surface area contributed by atoms with Gasteiger partial charge in [0, 0.05) is 10.8 Å². The summed E-state index contributed by atoms with van der Waals surface area (Å²) in [4.78, 5) is 17.0. The van der Waals surface area contributed by atoms with Gasteiger partial charge in [-0.15, -0.1) is 11.3 Å². The first-order valence-corrected chi connectivity index (χ1v) is 9.04. The van der Waals surface area contributed by atoms with Gasteiger partial charge >= 0.3 is 0 Å². The zero-order valence-corrected chi connectivity index (χ0v) is 15.5. The van der Waals surface area contributed by atoms with Crippen LogP contribution in [0.4, 0.5) is 5.13 Å². The number of carbonyl (C=O) groups excluding carboxylic acids is 1. The third-order valence-electron chi connectivity index (χ3n) is 4.06. The van der Waals surface area contributed by atoms with Crippen LogP contribution in [0.15, 0.2) is 58.3 Å². The second-order valence-electron chi connectivity index (χ2n) is 5.68. The minimum absolute atomic E-state index is 0.278. The molecule has 136 valence electrons. The van der Waals surface area contributed by atoms with E-state index >= 15 is 0 Å². The number of fused-ring (bicyclic) bond motifs is 1. The summed E-state index contributed by atoms with van der Waals surface area (Å²) in [6, 6.07) is 14.6. The van der Waals surface area contributed by atoms with Crippen molar-refractivity contribution in [3.8, 4) is 23.0 Å². The molecule has 2 aromatic heterocycles. The molecule has 0 fully saturated rings. The van der Waals surface area contributed by atoms with E-state index in [-0.39, 0.29) is 5.91 Å². The molecular formula is C20H16N2O4S. The van der Waals surface area contributed by atoms with Crippen molar-refractivity contribution in [3.63, 3.8) is 0 Å². The third kappa shape index (κ3) is 3.24. The molecule has 0 aliphatic carbocycles. The number of rotatable bonds is 5. The lowest BCUT2D eigenvalue weighted by atomic mass is 10.2. The molecule has 0 bridgehead atoms. The standard InChI is InChI=1S/C20H16N2O4S/c1-24-15-8-4-3-7-13(15)19(23)22-20-21-14(11-27-20)17-10-12-6-5-9-16(25-2)18(12)26-17/h3-11H,1-2H3,(H,21,22,23). The fraction of sp³-hybridized carbons (Fsp3) is 0.100. The van der Waals surface area contributed by atoms with E-state index in [9.17, 15) is 4.79 Å². The molecule has 0 aliphatic rings. The molecule has 0 spiro atoms. The van der Waals surface area contributed by atoms with Crippen molar-refractivity contribution in [2.45, 2.75) is 0 Å². The van der Waals surface area contributed by atoms with E-state index < -0.39 is 0 Å². The van der Waals surface area contributed by atoms with Gasteiger partial charge in [-0.05, 0) is 24.3 Å². The van der Waals surface area contributed by atoms with E-state index in [2.05, 4.69) is 10.3 Å². The monoisotopic (exact) mass is 380 g/mol. The van der Waals surface area contributed by atoms with E-state index in [1.807, 2.05) is 35.7 Å². The number of ether oxygens (including phenoxy) is 2. The average molecular weight is 380 g/mol. The molecule has 6 nitrogen and oxygen atoms in total. The van der Waals surface area contributed by atoms with Crippen molar-refractivity contribution in [1.82, 2.24) is 4.98 Å². The zero-order valence-electron chi connectivity index (χ0n) is 14.7. The lowest BCUT2D eigenvalue weighted by Crippen LogP contribution is -2.12. The van der Waals surface area contributed by atoms with Gasteiger partial charge in [0.1, 0.15) is 11.4 Å². The Bertz CT molecular complexity index is 1120. The number of furan rings is 1. The van der Waals surface area contributed by atoms with Crippen LogP contribution in [-0.4, -0.2) is 25.1 Å². The molecule has 0 unspecified atom stereocenters. The number of aromatic nitrogens is 1. The number of nitrogens with zero attached hydrogens (tertiary/aromatic N) is 1. The fourth-order valence-electron chi connectivity index (χ4n) is 2.76. The van der Waals surface area contributed by atoms with E-state index in [4.69, 9.17) is 13.9 Å². The van der Waals surface area contributed by atoms with E-state index in [1.165, 1.54) is 18.4 Å². The fourth-order valence-corrected chi connectivity index (χ4v) is 3.46. The summed E-state index contributed by atoms with van der Waals surface area (Å²) in [5.41, 5.74) is 1.77. The first kappa shape index (κ1) is 17.1. The van der Waals surface area contributed by atoms with Crippen molar-refractivity contribution in [3.05, 3.63) is 59.5 Å². The molecule has 1 amide bonds. The number of methoxy groups -OCH3 is 2. The highest BCUT2D eigenvalue weighted by atomic mass is 32.1. The van der Waals surface area contributed by atoms with Crippen molar-refractivity contribution < 1.29 is 18.7 Å². The van der Waals surface area contributed by atoms with Crippen LogP contribution < -0.4 is 14.8 Å². The molecule has 4 rings (SSSR count). The summed E-state index contributed by atoms with van der Waals surface area (Å²) in [6.07, 6.45) is 0. The highest BCUT2D eigenvalue weighted by Gasteiger charge is 2.16. The van der Waals surface area contributed by atoms with Gasteiger partial charge in [-0.2, -0.15) is 0 Å². The van der Waals surface area contributed by atoms with Gasteiger partial charge in [0.25, 0.3) is 5.91 Å². The van der Waals surface area contributed by atoms with E-state index in [0.717, 1.165) is 5.39 Å². The Balaban J connectivity index is 1.59. The van der Waals surface area contributed by atoms with Crippen LogP contribution in [0, 0.1) is 0 Å². The molecule has 4 aromatic rings. The maximum Gasteiger partial charge on any atom is 0.261 e. The molecule has 2 aromatic carbocycles. The average Bonchev–Trinajstić information content (AvgIpc) is 3.34. The number of amides is 1. The Morgan fingerprint density at radius 3 is 2.67 bits per heavy atom. The Labute approximate surface area is 159 Å². The summed E-state index contributed by atoms with van der Waals surface area (Å²) in [5.74, 6) is 1.51. The predicted molar refractivity (Wildman–Crippen MR) is 105 cm³/mol. The quantitative estimate of drug-likeness (QED) is 0.537. The zero-order chi connectivity index (χ0) is 18.8. The molecule has 7 heteroatoms. The summed E-state index contributed by atoms with van der Waals surface area (Å²) < 4.78 is 16.5. The largest absolute Gasteiger partial charge is 0.496 e. The normalized spacial score (nSPS) is 10.7. The molecular weight excluding hydrogens is 364 g/mol. The van der Waals surface area contributed by atoms with E-state index in [1.54, 1.807) is 25.3 Å². The predicted octanol–water partition coefficient (Wildman–Crippen LogP) is 4.83. The maximum absolute atomic E-state index is 12.5. The highest BCUT2D eigenvalue weighted by Crippen LogP contribution is 2.34. The molecule has 0 saturated carbocycles. The summed E-state index contributed by atoms with van der Waals surface area (Å²) >= 11 is 1.33. The molecule has 0 radical (unpaired) electrons. The molecule has 0 atom stereocenters. The van der Waals surface area contributed by atoms with Gasteiger partial charge in [0.15, 0.2) is 22.2 Å². The number of nitrogens with one attached hydrogen (secondary N) is 1. The Kier molecular flexibility index (Phi) is 4.52. The van der Waals surface area contributed by atoms with Gasteiger partial charge in [0.2, 0.25) is 0 Å². The minimum Gasteiger partial charge on any atom is -0.496 e. The van der Waals surface area contributed by atoms with E-state index in [0.29, 0.717) is 39.2 Å². The number of para-hydroxylation sites is 2. The number of anilines is 1. The molecule has 1 N–H and O–H groups in total. The smallest absolute Gasteiger partial charge is 0.261 e. The highest BCUT2D eigenvalue weighted by molar-refractivity contribution is 7.14. The lowest BCUT2D eigenvalue weighted by molar-refractivity contribution is 0.102. The first-order valence-electron chi connectivity index (χ1n) is 8.16. The van der Waals surface area contributed by atoms with Crippen LogP contribution in [0.5, 0.6) is 11.5 Å². The Hall–Kier alpha value is -3.32. The topological polar surface area (TPSA) is 73.6 Å². The second kappa shape index (κ2) is 7.13. The van der Waals surface area contributed by atoms with Crippen molar-refractivity contribution in [2.24, 2.45) is 0 Å². The van der Waals surface area contributed by atoms with Crippen LogP contribution in [0.3, 0.4) is 0 Å². The van der Waals surface area contributed by atoms with Gasteiger partial charge in [-0.25, -0.2) is 4.98 Å². The number of hydrogen-bond donors (Lipinski definition) is 1. The number of hydrogen-bond acceptors (Lipinski definition) is 6. The summed E-state index contributed by atoms with van der Waals surface area (Å²) in [7, 11) is 3.13. The SMILES string of the molecule is COc1ccccc1C(=O)Nc1nc(-c2cc3cccc(OC)c3o2)cs1. The van der Waals surface area contributed by atoms with Gasteiger partial charge in [0.05, 0.1) is 19.8 Å². The number of thiazole rings is 1. The van der Waals surface area contributed by atoms with Crippen molar-refractivity contribution in [1.29, 1.82) is 0 Å². The minimum atomic E-state index is -0.278. The summed E-state index contributed by atoms with van der Waals surface area (Å²) in [6.45, 7) is 0. The molecule has 0 aliphatic heterocycles. The van der Waals surface area contributed by atoms with Gasteiger partial charge in [-0.3, -0.25) is 10.1 Å². The molecule has 2 heterocycles. The van der Waals surface area contributed by atoms with Crippen LogP contribution in [-0.2, 0) is 0 Å². The van der Waals surface area contributed by atoms with Crippen LogP contribution in [0.2, 0.25) is 0 Å². The lowest BCUT2D eigenvalue weighted by Gasteiger charge is -2.06. The first-order chi connectivity index (χ1) is 13.2. The van der Waals surface area contributed by atoms with Gasteiger partial charge < -0.3 is 13.9 Å². The summed E-state index contributed by atoms with van der Waals surface area (Å²) in [5, 5.41) is 6.04. The third-order valence-corrected chi connectivity index (χ3v) is 4.81. The second-order valence-corrected chi connectivity index (χ2v) is 6.54. The van der Waals surface area contributed by atoms with Gasteiger partial charge in [-0.1, -0.05) is 24.3 Å². The number of benzene rings is 2. The molecule has 27 heavy (non-hydrogen) atoms. The van der Waals surface area contributed by atoms with Crippen molar-refractivity contribution in [2.75, 3.05) is 19.5 Å². The van der Waals surface area contributed by atoms with Crippen LogP contribution in [0.1, 0.15) is 10.4 Å². The van der Waals surface area contributed by atoms with Crippen molar-refractivity contribution >= 4 is 33.3 Å². The Morgan fingerprint density at radius 2 is 1.85 bits per heavy atom. The maximum atomic E-state index is 12.5. The van der Waals surface area contributed by atoms with Crippen LogP contribution >= 0.6 is 11.3 Å². The molecule has 0 saturated heterocycles. The number of carbonyl (C=O) groups is 1.